The molecule has 0 radical (unpaired) electrons. The van der Waals surface area contributed by atoms with Gasteiger partial charge in [0.1, 0.15) is 5.60 Å². The molecule has 2 heterocycles. The molecule has 26 heavy (non-hydrogen) atoms. The van der Waals surface area contributed by atoms with E-state index in [1.54, 1.807) is 16.2 Å². The van der Waals surface area contributed by atoms with Crippen molar-refractivity contribution in [1.29, 1.82) is 0 Å². The molecule has 0 unspecified atom stereocenters. The van der Waals surface area contributed by atoms with Crippen LogP contribution in [0.4, 0.5) is 4.79 Å². The fraction of sp³-hybridized carbons (Fsp3) is 0.722. The number of carbonyl (C=O) groups excluding carboxylic acids is 1. The quantitative estimate of drug-likeness (QED) is 0.584. The summed E-state index contributed by atoms with van der Waals surface area (Å²) in [5.41, 5.74) is 0.644. The number of likely N-dealkylation sites (tertiary alicyclic amines) is 1. The van der Waals surface area contributed by atoms with Crippen molar-refractivity contribution >= 4 is 23.4 Å². The van der Waals surface area contributed by atoms with Crippen molar-refractivity contribution in [3.8, 4) is 0 Å². The maximum absolute atomic E-state index is 12.0. The minimum absolute atomic E-state index is 0.200. The Balaban J connectivity index is 1.77. The maximum Gasteiger partial charge on any atom is 0.410 e. The Morgan fingerprint density at radius 2 is 2.15 bits per heavy atom. The molecule has 0 bridgehead atoms. The highest BCUT2D eigenvalue weighted by Crippen LogP contribution is 2.15. The van der Waals surface area contributed by atoms with Crippen molar-refractivity contribution in [2.45, 2.75) is 59.1 Å². The van der Waals surface area contributed by atoms with Crippen LogP contribution in [0.3, 0.4) is 0 Å². The third-order valence-electron chi connectivity index (χ3n) is 3.76. The Hall–Kier alpha value is -1.83. The van der Waals surface area contributed by atoms with Crippen LogP contribution in [0, 0.1) is 0 Å². The minimum Gasteiger partial charge on any atom is -0.444 e. The number of aryl methyl sites for hydroxylation is 1. The molecule has 0 atom stereocenters. The first kappa shape index (κ1) is 20.5. The summed E-state index contributed by atoms with van der Waals surface area (Å²) in [6, 6.07) is 0.200. The van der Waals surface area contributed by atoms with Crippen molar-refractivity contribution in [3.05, 3.63) is 16.1 Å². The number of aromatic nitrogens is 1. The molecular formula is C18H31N5O2S. The Morgan fingerprint density at radius 1 is 1.42 bits per heavy atom. The molecule has 1 aliphatic heterocycles. The van der Waals surface area contributed by atoms with Crippen LogP contribution in [0.2, 0.25) is 0 Å². The zero-order valence-corrected chi connectivity index (χ0v) is 17.3. The van der Waals surface area contributed by atoms with E-state index in [0.717, 1.165) is 31.0 Å². The van der Waals surface area contributed by atoms with Crippen molar-refractivity contribution in [1.82, 2.24) is 20.5 Å². The zero-order valence-electron chi connectivity index (χ0n) is 16.5. The van der Waals surface area contributed by atoms with Crippen molar-refractivity contribution < 1.29 is 9.53 Å². The normalized spacial score (nSPS) is 15.6. The number of thiazole rings is 1. The van der Waals surface area contributed by atoms with Crippen molar-refractivity contribution in [2.75, 3.05) is 26.2 Å². The van der Waals surface area contributed by atoms with Gasteiger partial charge >= 0.3 is 6.09 Å². The fourth-order valence-electron chi connectivity index (χ4n) is 2.47. The highest BCUT2D eigenvalue weighted by atomic mass is 32.1. The van der Waals surface area contributed by atoms with Gasteiger partial charge in [-0.3, -0.25) is 4.99 Å². The lowest BCUT2D eigenvalue weighted by Crippen LogP contribution is -2.63. The summed E-state index contributed by atoms with van der Waals surface area (Å²) in [6.45, 7) is 12.5. The Morgan fingerprint density at radius 3 is 2.73 bits per heavy atom. The van der Waals surface area contributed by atoms with E-state index in [9.17, 15) is 4.79 Å². The number of rotatable bonds is 6. The van der Waals surface area contributed by atoms with Crippen molar-refractivity contribution in [3.63, 3.8) is 0 Å². The number of amides is 1. The van der Waals surface area contributed by atoms with E-state index in [2.05, 4.69) is 32.9 Å². The van der Waals surface area contributed by atoms with E-state index in [0.29, 0.717) is 19.6 Å². The molecule has 1 aromatic heterocycles. The fourth-order valence-corrected chi connectivity index (χ4v) is 3.25. The summed E-state index contributed by atoms with van der Waals surface area (Å²) in [5.74, 6) is 0.785. The van der Waals surface area contributed by atoms with Crippen molar-refractivity contribution in [2.24, 2.45) is 4.99 Å². The van der Waals surface area contributed by atoms with Gasteiger partial charge in [-0.2, -0.15) is 0 Å². The largest absolute Gasteiger partial charge is 0.444 e. The Bertz CT molecular complexity index is 617. The average Bonchev–Trinajstić information content (AvgIpc) is 2.96. The van der Waals surface area contributed by atoms with Gasteiger partial charge in [-0.25, -0.2) is 9.78 Å². The predicted molar refractivity (Wildman–Crippen MR) is 106 cm³/mol. The van der Waals surface area contributed by atoms with Gasteiger partial charge in [0.05, 0.1) is 16.7 Å². The number of ether oxygens (including phenoxy) is 1. The van der Waals surface area contributed by atoms with Gasteiger partial charge in [-0.15, -0.1) is 11.3 Å². The zero-order chi connectivity index (χ0) is 19.2. The smallest absolute Gasteiger partial charge is 0.410 e. The second-order valence-electron chi connectivity index (χ2n) is 7.32. The number of nitrogens with one attached hydrogen (secondary N) is 2. The van der Waals surface area contributed by atoms with Gasteiger partial charge in [0.2, 0.25) is 0 Å². The Kier molecular flexibility index (Phi) is 7.25. The van der Waals surface area contributed by atoms with E-state index >= 15 is 0 Å². The standard InChI is InChI=1S/C18H31N5O2S/c1-6-15-21-13(12-26-15)8-9-20-16(19-7-2)22-14-10-23(11-14)17(24)25-18(3,4)5/h12,14H,6-11H2,1-5H3,(H2,19,20,22). The molecule has 0 spiro atoms. The summed E-state index contributed by atoms with van der Waals surface area (Å²) in [4.78, 5) is 22.9. The summed E-state index contributed by atoms with van der Waals surface area (Å²) in [7, 11) is 0. The molecular weight excluding hydrogens is 350 g/mol. The van der Waals surface area contributed by atoms with Crippen LogP contribution in [-0.4, -0.2) is 59.8 Å². The molecule has 1 aromatic rings. The summed E-state index contributed by atoms with van der Waals surface area (Å²) in [5, 5.41) is 9.91. The second kappa shape index (κ2) is 9.21. The number of hydrogen-bond acceptors (Lipinski definition) is 5. The SMILES string of the molecule is CCNC(=NCCc1csc(CC)n1)NC1CN(C(=O)OC(C)(C)C)C1. The molecule has 0 aliphatic carbocycles. The van der Waals surface area contributed by atoms with Crippen LogP contribution in [0.5, 0.6) is 0 Å². The molecule has 2 rings (SSSR count). The Labute approximate surface area is 160 Å². The number of nitrogens with zero attached hydrogens (tertiary/aromatic N) is 3. The van der Waals surface area contributed by atoms with Gasteiger partial charge in [0, 0.05) is 38.0 Å². The van der Waals surface area contributed by atoms with Gasteiger partial charge in [-0.1, -0.05) is 6.92 Å². The third-order valence-corrected chi connectivity index (χ3v) is 4.80. The van der Waals surface area contributed by atoms with E-state index in [1.807, 2.05) is 27.7 Å². The van der Waals surface area contributed by atoms with Gasteiger partial charge in [-0.05, 0) is 34.1 Å². The van der Waals surface area contributed by atoms with Crippen LogP contribution in [0.25, 0.3) is 0 Å². The monoisotopic (exact) mass is 381 g/mol. The molecule has 1 aliphatic rings. The highest BCUT2D eigenvalue weighted by molar-refractivity contribution is 7.09. The average molecular weight is 382 g/mol. The van der Waals surface area contributed by atoms with Gasteiger partial charge in [0.25, 0.3) is 0 Å². The van der Waals surface area contributed by atoms with E-state index in [-0.39, 0.29) is 12.1 Å². The van der Waals surface area contributed by atoms with Crippen LogP contribution >= 0.6 is 11.3 Å². The molecule has 0 saturated carbocycles. The minimum atomic E-state index is -0.459. The molecule has 1 fully saturated rings. The second-order valence-corrected chi connectivity index (χ2v) is 8.27. The topological polar surface area (TPSA) is 78.9 Å². The first-order chi connectivity index (χ1) is 12.3. The molecule has 8 heteroatoms. The van der Waals surface area contributed by atoms with Crippen LogP contribution in [0.15, 0.2) is 10.4 Å². The molecule has 1 saturated heterocycles. The third kappa shape index (κ3) is 6.48. The van der Waals surface area contributed by atoms with Gasteiger partial charge < -0.3 is 20.3 Å². The number of guanidine groups is 1. The summed E-state index contributed by atoms with van der Waals surface area (Å²) >= 11 is 1.71. The highest BCUT2D eigenvalue weighted by Gasteiger charge is 2.34. The molecule has 146 valence electrons. The number of aliphatic imine (C=N–C) groups is 1. The number of hydrogen-bond donors (Lipinski definition) is 2. The lowest BCUT2D eigenvalue weighted by Gasteiger charge is -2.40. The molecule has 0 aromatic carbocycles. The van der Waals surface area contributed by atoms with Crippen LogP contribution < -0.4 is 10.6 Å². The van der Waals surface area contributed by atoms with E-state index in [4.69, 9.17) is 4.74 Å². The maximum atomic E-state index is 12.0. The molecule has 7 nitrogen and oxygen atoms in total. The molecule has 2 N–H and O–H groups in total. The van der Waals surface area contributed by atoms with E-state index < -0.39 is 5.60 Å². The number of carbonyl (C=O) groups is 1. The first-order valence-electron chi connectivity index (χ1n) is 9.26. The van der Waals surface area contributed by atoms with Crippen LogP contribution in [-0.2, 0) is 17.6 Å². The first-order valence-corrected chi connectivity index (χ1v) is 10.1. The summed E-state index contributed by atoms with van der Waals surface area (Å²) in [6.07, 6.45) is 1.56. The van der Waals surface area contributed by atoms with E-state index in [1.165, 1.54) is 5.01 Å². The van der Waals surface area contributed by atoms with Gasteiger partial charge in [0.15, 0.2) is 5.96 Å². The lowest BCUT2D eigenvalue weighted by atomic mass is 10.1. The lowest BCUT2D eigenvalue weighted by molar-refractivity contribution is 0.00701. The summed E-state index contributed by atoms with van der Waals surface area (Å²) < 4.78 is 5.37. The van der Waals surface area contributed by atoms with Crippen LogP contribution in [0.1, 0.15) is 45.3 Å². The predicted octanol–water partition coefficient (Wildman–Crippen LogP) is 2.42. The molecule has 1 amide bonds.